The highest BCUT2D eigenvalue weighted by Gasteiger charge is 2.15. The SMILES string of the molecule is COc1ccc(Cl)cc1Nc1ccnc(N(Cc2ccccc2)C(C)C)n1. The summed E-state index contributed by atoms with van der Waals surface area (Å²) in [5, 5.41) is 3.90. The van der Waals surface area contributed by atoms with Crippen LogP contribution in [-0.2, 0) is 6.54 Å². The number of nitrogens with zero attached hydrogens (tertiary/aromatic N) is 3. The Hall–Kier alpha value is -2.79. The Kier molecular flexibility index (Phi) is 6.14. The third-order valence-corrected chi connectivity index (χ3v) is 4.38. The van der Waals surface area contributed by atoms with E-state index < -0.39 is 0 Å². The minimum Gasteiger partial charge on any atom is -0.495 e. The molecule has 1 N–H and O–H groups in total. The van der Waals surface area contributed by atoms with Crippen LogP contribution < -0.4 is 15.0 Å². The molecule has 0 aliphatic heterocycles. The minimum atomic E-state index is 0.251. The molecule has 0 radical (unpaired) electrons. The van der Waals surface area contributed by atoms with E-state index in [9.17, 15) is 0 Å². The predicted molar refractivity (Wildman–Crippen MR) is 111 cm³/mol. The van der Waals surface area contributed by atoms with Gasteiger partial charge in [0.15, 0.2) is 0 Å². The molecule has 0 atom stereocenters. The van der Waals surface area contributed by atoms with Gasteiger partial charge in [0.1, 0.15) is 11.6 Å². The second-order valence-corrected chi connectivity index (χ2v) is 6.86. The van der Waals surface area contributed by atoms with Gasteiger partial charge in [-0.2, -0.15) is 4.98 Å². The monoisotopic (exact) mass is 382 g/mol. The molecule has 27 heavy (non-hydrogen) atoms. The van der Waals surface area contributed by atoms with E-state index in [2.05, 4.69) is 41.2 Å². The van der Waals surface area contributed by atoms with Gasteiger partial charge in [-0.3, -0.25) is 0 Å². The molecule has 0 fully saturated rings. The standard InChI is InChI=1S/C21H23ClN4O/c1-15(2)26(14-16-7-5-4-6-8-16)21-23-12-11-20(25-21)24-18-13-17(22)9-10-19(18)27-3/h4-13,15H,14H2,1-3H3,(H,23,24,25). The smallest absolute Gasteiger partial charge is 0.227 e. The van der Waals surface area contributed by atoms with E-state index in [1.54, 1.807) is 19.4 Å². The van der Waals surface area contributed by atoms with Gasteiger partial charge in [0.2, 0.25) is 5.95 Å². The van der Waals surface area contributed by atoms with Crippen LogP contribution in [0.25, 0.3) is 0 Å². The van der Waals surface area contributed by atoms with E-state index >= 15 is 0 Å². The van der Waals surface area contributed by atoms with Crippen molar-refractivity contribution in [1.82, 2.24) is 9.97 Å². The first kappa shape index (κ1) is 19.0. The van der Waals surface area contributed by atoms with Gasteiger partial charge in [-0.25, -0.2) is 4.98 Å². The molecule has 2 aromatic carbocycles. The van der Waals surface area contributed by atoms with Crippen molar-refractivity contribution < 1.29 is 4.74 Å². The van der Waals surface area contributed by atoms with Crippen LogP contribution in [0.1, 0.15) is 19.4 Å². The number of ether oxygens (including phenoxy) is 1. The lowest BCUT2D eigenvalue weighted by Crippen LogP contribution is -2.31. The van der Waals surface area contributed by atoms with E-state index in [0.29, 0.717) is 22.5 Å². The maximum absolute atomic E-state index is 6.12. The topological polar surface area (TPSA) is 50.3 Å². The van der Waals surface area contributed by atoms with Crippen molar-refractivity contribution in [3.05, 3.63) is 71.4 Å². The molecule has 6 heteroatoms. The average molecular weight is 383 g/mol. The van der Waals surface area contributed by atoms with Crippen LogP contribution in [0.4, 0.5) is 17.5 Å². The highest BCUT2D eigenvalue weighted by molar-refractivity contribution is 6.31. The molecule has 0 saturated carbocycles. The molecule has 1 aromatic heterocycles. The van der Waals surface area contributed by atoms with Crippen LogP contribution in [-0.4, -0.2) is 23.1 Å². The highest BCUT2D eigenvalue weighted by Crippen LogP contribution is 2.30. The number of aromatic nitrogens is 2. The fraction of sp³-hybridized carbons (Fsp3) is 0.238. The first-order chi connectivity index (χ1) is 13.1. The first-order valence-corrected chi connectivity index (χ1v) is 9.19. The van der Waals surface area contributed by atoms with E-state index in [0.717, 1.165) is 12.2 Å². The average Bonchev–Trinajstić information content (AvgIpc) is 2.67. The Balaban J connectivity index is 1.86. The number of hydrogen-bond donors (Lipinski definition) is 1. The Morgan fingerprint density at radius 2 is 1.89 bits per heavy atom. The molecule has 0 amide bonds. The lowest BCUT2D eigenvalue weighted by Gasteiger charge is -2.27. The first-order valence-electron chi connectivity index (χ1n) is 8.81. The van der Waals surface area contributed by atoms with Crippen molar-refractivity contribution >= 4 is 29.1 Å². The molecular weight excluding hydrogens is 360 g/mol. The Morgan fingerprint density at radius 1 is 1.11 bits per heavy atom. The van der Waals surface area contributed by atoms with Crippen LogP contribution in [0.3, 0.4) is 0 Å². The zero-order valence-corrected chi connectivity index (χ0v) is 16.4. The van der Waals surface area contributed by atoms with Crippen LogP contribution in [0, 0.1) is 0 Å². The second kappa shape index (κ2) is 8.73. The lowest BCUT2D eigenvalue weighted by molar-refractivity contribution is 0.417. The van der Waals surface area contributed by atoms with Crippen molar-refractivity contribution in [1.29, 1.82) is 0 Å². The Labute approximate surface area is 165 Å². The van der Waals surface area contributed by atoms with Gasteiger partial charge in [0.05, 0.1) is 12.8 Å². The van der Waals surface area contributed by atoms with Crippen LogP contribution in [0.2, 0.25) is 5.02 Å². The van der Waals surface area contributed by atoms with Gasteiger partial charge in [0.25, 0.3) is 0 Å². The summed E-state index contributed by atoms with van der Waals surface area (Å²) in [5.74, 6) is 2.05. The third-order valence-electron chi connectivity index (χ3n) is 4.14. The summed E-state index contributed by atoms with van der Waals surface area (Å²) in [6, 6.07) is 17.8. The summed E-state index contributed by atoms with van der Waals surface area (Å²) < 4.78 is 5.39. The molecule has 3 aromatic rings. The summed E-state index contributed by atoms with van der Waals surface area (Å²) in [4.78, 5) is 11.3. The van der Waals surface area contributed by atoms with Crippen molar-refractivity contribution in [2.75, 3.05) is 17.3 Å². The van der Waals surface area contributed by atoms with E-state index in [-0.39, 0.29) is 6.04 Å². The number of halogens is 1. The zero-order valence-electron chi connectivity index (χ0n) is 15.7. The molecule has 0 aliphatic rings. The molecule has 3 rings (SSSR count). The normalized spacial score (nSPS) is 10.7. The zero-order chi connectivity index (χ0) is 19.2. The van der Waals surface area contributed by atoms with Crippen molar-refractivity contribution in [2.24, 2.45) is 0 Å². The molecule has 0 spiro atoms. The molecule has 0 unspecified atom stereocenters. The fourth-order valence-corrected chi connectivity index (χ4v) is 2.91. The number of nitrogens with one attached hydrogen (secondary N) is 1. The Bertz CT molecular complexity index is 886. The number of benzene rings is 2. The summed E-state index contributed by atoms with van der Waals surface area (Å²) >= 11 is 6.12. The van der Waals surface area contributed by atoms with Crippen molar-refractivity contribution in [3.63, 3.8) is 0 Å². The van der Waals surface area contributed by atoms with E-state index in [4.69, 9.17) is 21.3 Å². The summed E-state index contributed by atoms with van der Waals surface area (Å²) in [6.45, 7) is 5.00. The predicted octanol–water partition coefficient (Wildman–Crippen LogP) is 5.30. The number of rotatable bonds is 7. The van der Waals surface area contributed by atoms with Gasteiger partial charge in [-0.1, -0.05) is 41.9 Å². The lowest BCUT2D eigenvalue weighted by atomic mass is 10.2. The van der Waals surface area contributed by atoms with Crippen LogP contribution in [0.15, 0.2) is 60.8 Å². The number of anilines is 3. The summed E-state index contributed by atoms with van der Waals surface area (Å²) in [6.07, 6.45) is 1.75. The maximum atomic E-state index is 6.12. The number of methoxy groups -OCH3 is 1. The molecule has 0 bridgehead atoms. The van der Waals surface area contributed by atoms with Gasteiger partial charge >= 0.3 is 0 Å². The third kappa shape index (κ3) is 4.89. The summed E-state index contributed by atoms with van der Waals surface area (Å²) in [7, 11) is 1.63. The molecule has 5 nitrogen and oxygen atoms in total. The van der Waals surface area contributed by atoms with Gasteiger partial charge in [-0.15, -0.1) is 0 Å². The molecule has 1 heterocycles. The number of hydrogen-bond acceptors (Lipinski definition) is 5. The molecule has 0 saturated heterocycles. The molecule has 140 valence electrons. The quantitative estimate of drug-likeness (QED) is 0.601. The van der Waals surface area contributed by atoms with Gasteiger partial charge < -0.3 is 15.0 Å². The van der Waals surface area contributed by atoms with Crippen molar-refractivity contribution in [2.45, 2.75) is 26.4 Å². The maximum Gasteiger partial charge on any atom is 0.227 e. The van der Waals surface area contributed by atoms with Crippen LogP contribution >= 0.6 is 11.6 Å². The molecular formula is C21H23ClN4O. The summed E-state index contributed by atoms with van der Waals surface area (Å²) in [5.41, 5.74) is 1.97. The van der Waals surface area contributed by atoms with Crippen LogP contribution in [0.5, 0.6) is 5.75 Å². The highest BCUT2D eigenvalue weighted by atomic mass is 35.5. The van der Waals surface area contributed by atoms with E-state index in [1.165, 1.54) is 5.56 Å². The molecule has 0 aliphatic carbocycles. The minimum absolute atomic E-state index is 0.251. The van der Waals surface area contributed by atoms with Crippen molar-refractivity contribution in [3.8, 4) is 5.75 Å². The fourth-order valence-electron chi connectivity index (χ4n) is 2.74. The van der Waals surface area contributed by atoms with Gasteiger partial charge in [0, 0.05) is 23.8 Å². The Morgan fingerprint density at radius 3 is 2.59 bits per heavy atom. The van der Waals surface area contributed by atoms with E-state index in [1.807, 2.05) is 36.4 Å². The largest absolute Gasteiger partial charge is 0.495 e. The van der Waals surface area contributed by atoms with Gasteiger partial charge in [-0.05, 0) is 43.7 Å². The second-order valence-electron chi connectivity index (χ2n) is 6.42.